The fourth-order valence-electron chi connectivity index (χ4n) is 2.89. The molecule has 0 N–H and O–H groups in total. The minimum absolute atomic E-state index is 0.0960. The van der Waals surface area contributed by atoms with Gasteiger partial charge in [0, 0.05) is 11.8 Å². The van der Waals surface area contributed by atoms with Crippen LogP contribution < -0.4 is 5.69 Å². The second-order valence-electron chi connectivity index (χ2n) is 7.31. The number of carbonyl (C=O) groups excluding carboxylic acids is 1. The highest BCUT2D eigenvalue weighted by Gasteiger charge is 2.36. The zero-order valence-electron chi connectivity index (χ0n) is 15.0. The molecule has 0 radical (unpaired) electrons. The van der Waals surface area contributed by atoms with Crippen molar-refractivity contribution in [2.75, 3.05) is 0 Å². The fourth-order valence-corrected chi connectivity index (χ4v) is 3.57. The number of alkyl halides is 3. The molecule has 0 aliphatic carbocycles. The number of fused-ring (bicyclic) bond motifs is 1. The molecule has 1 aliphatic rings. The Morgan fingerprint density at radius 3 is 2.67 bits per heavy atom. The number of hydrogen-bond donors (Lipinski definition) is 0. The third-order valence-electron chi connectivity index (χ3n) is 3.92. The molecule has 0 saturated carbocycles. The molecule has 11 heteroatoms. The van der Waals surface area contributed by atoms with Crippen molar-refractivity contribution < 1.29 is 22.7 Å². The highest BCUT2D eigenvalue weighted by Crippen LogP contribution is 2.31. The van der Waals surface area contributed by atoms with Crippen LogP contribution in [0.4, 0.5) is 13.2 Å². The third-order valence-corrected chi connectivity index (χ3v) is 4.85. The first kappa shape index (κ1) is 19.6. The number of hydrogen-bond acceptors (Lipinski definition) is 6. The minimum Gasteiger partial charge on any atom is -0.458 e. The number of esters is 1. The molecule has 148 valence electrons. The van der Waals surface area contributed by atoms with E-state index in [2.05, 4.69) is 10.1 Å². The maximum Gasteiger partial charge on any atom is 0.443 e. The number of ether oxygens (including phenoxy) is 1. The van der Waals surface area contributed by atoms with Gasteiger partial charge in [-0.3, -0.25) is 4.57 Å². The lowest BCUT2D eigenvalue weighted by atomic mass is 10.0. The molecule has 2 aromatic rings. The Kier molecular flexibility index (Phi) is 4.91. The van der Waals surface area contributed by atoms with Gasteiger partial charge in [0.1, 0.15) is 17.5 Å². The molecule has 2 aromatic heterocycles. The summed E-state index contributed by atoms with van der Waals surface area (Å²) in [4.78, 5) is 28.7. The van der Waals surface area contributed by atoms with Gasteiger partial charge in [-0.1, -0.05) is 0 Å². The summed E-state index contributed by atoms with van der Waals surface area (Å²) >= 11 is 0.468. The average molecular weight is 404 g/mol. The first-order valence-electron chi connectivity index (χ1n) is 8.38. The van der Waals surface area contributed by atoms with E-state index in [0.717, 1.165) is 4.68 Å². The fraction of sp³-hybridized carbons (Fsp3) is 0.625. The molecule has 0 unspecified atom stereocenters. The monoisotopic (exact) mass is 404 g/mol. The molecule has 0 fully saturated rings. The van der Waals surface area contributed by atoms with Crippen molar-refractivity contribution in [1.82, 2.24) is 19.3 Å². The number of nitrogens with zero attached hydrogens (tertiary/aromatic N) is 4. The maximum atomic E-state index is 12.7. The van der Waals surface area contributed by atoms with Crippen molar-refractivity contribution >= 4 is 17.3 Å². The van der Waals surface area contributed by atoms with Gasteiger partial charge in [0.15, 0.2) is 5.01 Å². The Morgan fingerprint density at radius 1 is 1.37 bits per heavy atom. The van der Waals surface area contributed by atoms with Gasteiger partial charge in [-0.25, -0.2) is 19.3 Å². The van der Waals surface area contributed by atoms with E-state index in [1.165, 1.54) is 9.95 Å². The third kappa shape index (κ3) is 4.23. The number of carbonyl (C=O) groups is 1. The lowest BCUT2D eigenvalue weighted by molar-refractivity contribution is -0.159. The van der Waals surface area contributed by atoms with Gasteiger partial charge in [-0.2, -0.15) is 18.3 Å². The van der Waals surface area contributed by atoms with Gasteiger partial charge >= 0.3 is 17.8 Å². The van der Waals surface area contributed by atoms with Crippen LogP contribution in [0, 0.1) is 0 Å². The highest BCUT2D eigenvalue weighted by atomic mass is 32.1. The van der Waals surface area contributed by atoms with E-state index in [-0.39, 0.29) is 12.2 Å². The van der Waals surface area contributed by atoms with Crippen LogP contribution in [0.25, 0.3) is 0 Å². The topological polar surface area (TPSA) is 79.0 Å². The molecule has 27 heavy (non-hydrogen) atoms. The minimum atomic E-state index is -4.52. The summed E-state index contributed by atoms with van der Waals surface area (Å²) in [6, 6.07) is -0.782. The van der Waals surface area contributed by atoms with Crippen LogP contribution in [-0.4, -0.2) is 30.9 Å². The molecule has 0 aromatic carbocycles. The normalized spacial score (nSPS) is 17.6. The number of halogens is 3. The summed E-state index contributed by atoms with van der Waals surface area (Å²) in [6.45, 7) is 5.02. The summed E-state index contributed by atoms with van der Waals surface area (Å²) in [6.07, 6.45) is -2.91. The van der Waals surface area contributed by atoms with Crippen LogP contribution in [-0.2, 0) is 28.7 Å². The summed E-state index contributed by atoms with van der Waals surface area (Å²) in [5.74, 6) is -0.0912. The summed E-state index contributed by atoms with van der Waals surface area (Å²) < 4.78 is 45.8. The highest BCUT2D eigenvalue weighted by molar-refractivity contribution is 7.09. The molecule has 0 spiro atoms. The molecule has 0 bridgehead atoms. The van der Waals surface area contributed by atoms with Gasteiger partial charge in [0.25, 0.3) is 0 Å². The SMILES string of the molecule is CC(C)(C)OC(=O)[C@@H]1CCCc2nn(Cc3csc(C(F)(F)F)n3)c(=O)n21. The second-order valence-corrected chi connectivity index (χ2v) is 8.17. The van der Waals surface area contributed by atoms with Gasteiger partial charge in [-0.15, -0.1) is 11.3 Å². The first-order chi connectivity index (χ1) is 12.5. The van der Waals surface area contributed by atoms with Crippen LogP contribution in [0.3, 0.4) is 0 Å². The molecule has 3 heterocycles. The summed E-state index contributed by atoms with van der Waals surface area (Å²) in [7, 11) is 0. The van der Waals surface area contributed by atoms with Crippen LogP contribution >= 0.6 is 11.3 Å². The van der Waals surface area contributed by atoms with E-state index in [1.54, 1.807) is 20.8 Å². The number of aromatic nitrogens is 4. The Hall–Kier alpha value is -2.17. The standard InChI is InChI=1S/C16H19F3N4O3S/c1-15(2,3)26-12(24)10-5-4-6-11-21-22(14(25)23(10)11)7-9-8-27-13(20-9)16(17,18)19/h8,10H,4-7H2,1-3H3/t10-/m0/s1. The van der Waals surface area contributed by atoms with Crippen molar-refractivity contribution in [3.63, 3.8) is 0 Å². The molecule has 1 aliphatic heterocycles. The predicted octanol–water partition coefficient (Wildman–Crippen LogP) is 2.79. The number of rotatable bonds is 3. The van der Waals surface area contributed by atoms with E-state index in [1.807, 2.05) is 0 Å². The van der Waals surface area contributed by atoms with E-state index in [0.29, 0.717) is 36.4 Å². The van der Waals surface area contributed by atoms with Crippen LogP contribution in [0.1, 0.15) is 56.2 Å². The van der Waals surface area contributed by atoms with Crippen molar-refractivity contribution in [3.05, 3.63) is 32.4 Å². The number of thiazole rings is 1. The Labute approximate surface area is 156 Å². The summed E-state index contributed by atoms with van der Waals surface area (Å²) in [5, 5.41) is 4.47. The number of aryl methyl sites for hydroxylation is 1. The molecule has 3 rings (SSSR count). The van der Waals surface area contributed by atoms with Gasteiger partial charge in [0.2, 0.25) is 0 Å². The molecule has 0 saturated heterocycles. The molecule has 7 nitrogen and oxygen atoms in total. The smallest absolute Gasteiger partial charge is 0.443 e. The Morgan fingerprint density at radius 2 is 2.07 bits per heavy atom. The zero-order valence-corrected chi connectivity index (χ0v) is 15.9. The van der Waals surface area contributed by atoms with E-state index < -0.39 is 34.5 Å². The largest absolute Gasteiger partial charge is 0.458 e. The molecular formula is C16H19F3N4O3S. The predicted molar refractivity (Wildman–Crippen MR) is 90.5 cm³/mol. The Balaban J connectivity index is 1.88. The quantitative estimate of drug-likeness (QED) is 0.735. The maximum absolute atomic E-state index is 12.7. The van der Waals surface area contributed by atoms with E-state index >= 15 is 0 Å². The molecular weight excluding hydrogens is 385 g/mol. The second kappa shape index (κ2) is 6.77. The van der Waals surface area contributed by atoms with Gasteiger partial charge in [0.05, 0.1) is 12.2 Å². The zero-order chi connectivity index (χ0) is 20.0. The van der Waals surface area contributed by atoms with Crippen molar-refractivity contribution in [1.29, 1.82) is 0 Å². The van der Waals surface area contributed by atoms with Crippen molar-refractivity contribution in [2.24, 2.45) is 0 Å². The molecule has 0 amide bonds. The van der Waals surface area contributed by atoms with Crippen LogP contribution in [0.2, 0.25) is 0 Å². The van der Waals surface area contributed by atoms with E-state index in [4.69, 9.17) is 4.74 Å². The van der Waals surface area contributed by atoms with E-state index in [9.17, 15) is 22.8 Å². The van der Waals surface area contributed by atoms with Gasteiger partial charge in [-0.05, 0) is 33.6 Å². The lowest BCUT2D eigenvalue weighted by Gasteiger charge is -2.26. The van der Waals surface area contributed by atoms with Gasteiger partial charge < -0.3 is 4.74 Å². The summed E-state index contributed by atoms with van der Waals surface area (Å²) in [5.41, 5.74) is -1.15. The average Bonchev–Trinajstić information content (AvgIpc) is 3.11. The van der Waals surface area contributed by atoms with Crippen molar-refractivity contribution in [3.8, 4) is 0 Å². The Bertz CT molecular complexity index is 907. The molecule has 1 atom stereocenters. The van der Waals surface area contributed by atoms with Crippen LogP contribution in [0.15, 0.2) is 10.2 Å². The van der Waals surface area contributed by atoms with Crippen molar-refractivity contribution in [2.45, 2.75) is 64.4 Å². The van der Waals surface area contributed by atoms with Crippen LogP contribution in [0.5, 0.6) is 0 Å². The lowest BCUT2D eigenvalue weighted by Crippen LogP contribution is -2.38. The first-order valence-corrected chi connectivity index (χ1v) is 9.26.